The van der Waals surface area contributed by atoms with E-state index in [0.717, 1.165) is 19.4 Å². The molecule has 0 bridgehead atoms. The van der Waals surface area contributed by atoms with E-state index in [4.69, 9.17) is 9.15 Å². The molecule has 2 aromatic heterocycles. The van der Waals surface area contributed by atoms with Crippen molar-refractivity contribution in [3.8, 4) is 11.5 Å². The van der Waals surface area contributed by atoms with Crippen molar-refractivity contribution in [3.05, 3.63) is 30.3 Å². The van der Waals surface area contributed by atoms with E-state index in [1.54, 1.807) is 18.5 Å². The molecule has 2 atom stereocenters. The van der Waals surface area contributed by atoms with Crippen LogP contribution in [-0.2, 0) is 4.74 Å². The van der Waals surface area contributed by atoms with Crippen molar-refractivity contribution in [1.29, 1.82) is 0 Å². The van der Waals surface area contributed by atoms with Gasteiger partial charge in [-0.3, -0.25) is 4.79 Å². The maximum atomic E-state index is 11.4. The van der Waals surface area contributed by atoms with Gasteiger partial charge in [-0.1, -0.05) is 0 Å². The smallest absolute Gasteiger partial charge is 0.227 e. The van der Waals surface area contributed by atoms with E-state index < -0.39 is 0 Å². The van der Waals surface area contributed by atoms with E-state index in [2.05, 4.69) is 14.9 Å². The van der Waals surface area contributed by atoms with Gasteiger partial charge in [0.15, 0.2) is 6.29 Å². The number of morpholine rings is 1. The summed E-state index contributed by atoms with van der Waals surface area (Å²) >= 11 is 0. The maximum Gasteiger partial charge on any atom is 0.227 e. The first kappa shape index (κ1) is 13.8. The molecule has 0 aliphatic carbocycles. The van der Waals surface area contributed by atoms with Crippen molar-refractivity contribution in [2.75, 3.05) is 18.0 Å². The average molecular weight is 287 g/mol. The van der Waals surface area contributed by atoms with E-state index in [1.165, 1.54) is 6.26 Å². The average Bonchev–Trinajstić information content (AvgIpc) is 2.99. The highest BCUT2D eigenvalue weighted by Crippen LogP contribution is 2.25. The number of carbonyl (C=O) groups excluding carboxylic acids is 1. The Morgan fingerprint density at radius 2 is 2.05 bits per heavy atom. The number of anilines is 1. The van der Waals surface area contributed by atoms with Gasteiger partial charge in [0, 0.05) is 19.3 Å². The largest absolute Gasteiger partial charge is 0.444 e. The molecule has 0 aromatic carbocycles. The predicted molar refractivity (Wildman–Crippen MR) is 77.3 cm³/mol. The Morgan fingerprint density at radius 1 is 1.29 bits per heavy atom. The summed E-state index contributed by atoms with van der Waals surface area (Å²) in [6.45, 7) is 5.47. The number of oxazole rings is 1. The van der Waals surface area contributed by atoms with Crippen LogP contribution in [0.25, 0.3) is 11.5 Å². The van der Waals surface area contributed by atoms with Gasteiger partial charge >= 0.3 is 0 Å². The van der Waals surface area contributed by atoms with Crippen LogP contribution >= 0.6 is 0 Å². The van der Waals surface area contributed by atoms with Crippen LogP contribution in [0.3, 0.4) is 0 Å². The van der Waals surface area contributed by atoms with Crippen molar-refractivity contribution < 1.29 is 13.9 Å². The van der Waals surface area contributed by atoms with Crippen LogP contribution in [0.15, 0.2) is 29.1 Å². The first-order valence-electron chi connectivity index (χ1n) is 6.93. The molecule has 1 saturated heterocycles. The number of hydrogen-bond acceptors (Lipinski definition) is 6. The van der Waals surface area contributed by atoms with Gasteiger partial charge in [0.25, 0.3) is 0 Å². The summed E-state index contributed by atoms with van der Waals surface area (Å²) in [7, 11) is 0. The second-order valence-corrected chi connectivity index (χ2v) is 5.25. The second kappa shape index (κ2) is 5.65. The fraction of sp³-hybridized carbons (Fsp3) is 0.400. The predicted octanol–water partition coefficient (Wildman–Crippen LogP) is 2.16. The van der Waals surface area contributed by atoms with E-state index in [0.29, 0.717) is 22.8 Å². The van der Waals surface area contributed by atoms with Crippen molar-refractivity contribution >= 4 is 12.1 Å². The quantitative estimate of drug-likeness (QED) is 0.806. The maximum absolute atomic E-state index is 11.4. The molecule has 6 nitrogen and oxygen atoms in total. The zero-order valence-corrected chi connectivity index (χ0v) is 12.0. The number of ether oxygens (including phenoxy) is 1. The molecule has 1 fully saturated rings. The van der Waals surface area contributed by atoms with Gasteiger partial charge in [-0.05, 0) is 19.9 Å². The first-order valence-corrected chi connectivity index (χ1v) is 6.93. The van der Waals surface area contributed by atoms with Crippen LogP contribution < -0.4 is 4.90 Å². The molecule has 110 valence electrons. The van der Waals surface area contributed by atoms with E-state index in [9.17, 15) is 4.79 Å². The van der Waals surface area contributed by atoms with Gasteiger partial charge in [-0.25, -0.2) is 9.97 Å². The van der Waals surface area contributed by atoms with Crippen LogP contribution in [0.5, 0.6) is 0 Å². The molecule has 0 amide bonds. The fourth-order valence-electron chi connectivity index (χ4n) is 2.66. The number of carbonyl (C=O) groups is 1. The van der Waals surface area contributed by atoms with Gasteiger partial charge in [0.05, 0.1) is 29.5 Å². The van der Waals surface area contributed by atoms with Crippen LogP contribution in [-0.4, -0.2) is 41.6 Å². The lowest BCUT2D eigenvalue weighted by Crippen LogP contribution is -2.46. The molecule has 21 heavy (non-hydrogen) atoms. The standard InChI is InChI=1S/C15H17N3O3/c1-10-7-18(8-11(2)21-10)14-13(9-19)5-12(6-17-14)15-16-3-4-20-15/h3-6,9-11H,7-8H2,1-2H3. The van der Waals surface area contributed by atoms with E-state index in [1.807, 2.05) is 13.8 Å². The number of aromatic nitrogens is 2. The van der Waals surface area contributed by atoms with Crippen LogP contribution in [0.4, 0.5) is 5.82 Å². The molecular weight excluding hydrogens is 270 g/mol. The van der Waals surface area contributed by atoms with Crippen LogP contribution in [0.1, 0.15) is 24.2 Å². The molecule has 3 rings (SSSR count). The highest BCUT2D eigenvalue weighted by molar-refractivity contribution is 5.85. The van der Waals surface area contributed by atoms with Gasteiger partial charge in [0.1, 0.15) is 12.1 Å². The Kier molecular flexibility index (Phi) is 3.70. The number of nitrogens with zero attached hydrogens (tertiary/aromatic N) is 3. The van der Waals surface area contributed by atoms with Crippen molar-refractivity contribution in [1.82, 2.24) is 9.97 Å². The molecular formula is C15H17N3O3. The summed E-state index contributed by atoms with van der Waals surface area (Å²) in [5.41, 5.74) is 1.23. The molecule has 6 heteroatoms. The minimum Gasteiger partial charge on any atom is -0.444 e. The molecule has 2 aromatic rings. The van der Waals surface area contributed by atoms with Crippen LogP contribution in [0, 0.1) is 0 Å². The SMILES string of the molecule is CC1CN(c2ncc(-c3ncco3)cc2C=O)CC(C)O1. The molecule has 0 N–H and O–H groups in total. The monoisotopic (exact) mass is 287 g/mol. The van der Waals surface area contributed by atoms with Gasteiger partial charge in [-0.15, -0.1) is 0 Å². The molecule has 1 aliphatic heterocycles. The summed E-state index contributed by atoms with van der Waals surface area (Å²) in [4.78, 5) is 22.0. The Morgan fingerprint density at radius 3 is 2.67 bits per heavy atom. The lowest BCUT2D eigenvalue weighted by molar-refractivity contribution is -0.00549. The summed E-state index contributed by atoms with van der Waals surface area (Å²) < 4.78 is 10.9. The fourth-order valence-corrected chi connectivity index (χ4v) is 2.66. The van der Waals surface area contributed by atoms with Gasteiger partial charge in [0.2, 0.25) is 5.89 Å². The first-order chi connectivity index (χ1) is 10.2. The van der Waals surface area contributed by atoms with E-state index in [-0.39, 0.29) is 12.2 Å². The van der Waals surface area contributed by atoms with Crippen molar-refractivity contribution in [2.45, 2.75) is 26.1 Å². The molecule has 1 aliphatic rings. The Balaban J connectivity index is 1.94. The third-order valence-electron chi connectivity index (χ3n) is 3.42. The zero-order chi connectivity index (χ0) is 14.8. The number of pyridine rings is 1. The minimum absolute atomic E-state index is 0.112. The summed E-state index contributed by atoms with van der Waals surface area (Å²) in [6.07, 6.45) is 5.78. The Labute approximate surface area is 122 Å². The Bertz CT molecular complexity index is 617. The Hall–Kier alpha value is -2.21. The second-order valence-electron chi connectivity index (χ2n) is 5.25. The number of rotatable bonds is 3. The molecule has 0 saturated carbocycles. The van der Waals surface area contributed by atoms with E-state index >= 15 is 0 Å². The normalized spacial score (nSPS) is 22.3. The summed E-state index contributed by atoms with van der Waals surface area (Å²) in [5, 5.41) is 0. The molecule has 2 unspecified atom stereocenters. The van der Waals surface area contributed by atoms with Gasteiger partial charge < -0.3 is 14.1 Å². The molecule has 3 heterocycles. The third kappa shape index (κ3) is 2.80. The highest BCUT2D eigenvalue weighted by Gasteiger charge is 2.25. The summed E-state index contributed by atoms with van der Waals surface area (Å²) in [6, 6.07) is 1.76. The number of aldehydes is 1. The third-order valence-corrected chi connectivity index (χ3v) is 3.42. The number of hydrogen-bond donors (Lipinski definition) is 0. The lowest BCUT2D eigenvalue weighted by atomic mass is 10.1. The van der Waals surface area contributed by atoms with Gasteiger partial charge in [-0.2, -0.15) is 0 Å². The molecule has 0 radical (unpaired) electrons. The van der Waals surface area contributed by atoms with Crippen LogP contribution in [0.2, 0.25) is 0 Å². The van der Waals surface area contributed by atoms with Crippen molar-refractivity contribution in [3.63, 3.8) is 0 Å². The zero-order valence-electron chi connectivity index (χ0n) is 12.0. The minimum atomic E-state index is 0.112. The highest BCUT2D eigenvalue weighted by atomic mass is 16.5. The lowest BCUT2D eigenvalue weighted by Gasteiger charge is -2.36. The summed E-state index contributed by atoms with van der Waals surface area (Å²) in [5.74, 6) is 1.14. The molecule has 0 spiro atoms. The van der Waals surface area contributed by atoms with Crippen molar-refractivity contribution in [2.24, 2.45) is 0 Å². The topological polar surface area (TPSA) is 68.5 Å².